The van der Waals surface area contributed by atoms with Gasteiger partial charge in [-0.25, -0.2) is 8.42 Å². The van der Waals surface area contributed by atoms with Crippen molar-refractivity contribution >= 4 is 37.3 Å². The molecule has 6 nitrogen and oxygen atoms in total. The van der Waals surface area contributed by atoms with Crippen LogP contribution in [-0.4, -0.2) is 13.6 Å². The molecule has 2 aromatic rings. The van der Waals surface area contributed by atoms with Crippen LogP contribution in [0.4, 0.5) is 11.4 Å². The highest BCUT2D eigenvalue weighted by molar-refractivity contribution is 9.10. The minimum absolute atomic E-state index is 0.249. The highest BCUT2D eigenvalue weighted by Crippen LogP contribution is 2.26. The number of sulfonamides is 1. The van der Waals surface area contributed by atoms with Gasteiger partial charge in [0.1, 0.15) is 17.2 Å². The molecule has 8 heteroatoms. The number of anilines is 2. The third-order valence-electron chi connectivity index (χ3n) is 2.27. The van der Waals surface area contributed by atoms with Crippen molar-refractivity contribution in [1.29, 1.82) is 0 Å². The van der Waals surface area contributed by atoms with Crippen molar-refractivity contribution in [1.82, 2.24) is 5.16 Å². The molecule has 0 saturated heterocycles. The lowest BCUT2D eigenvalue weighted by Gasteiger charge is -2.09. The van der Waals surface area contributed by atoms with Crippen LogP contribution in [-0.2, 0) is 15.8 Å². The number of nitrogens with two attached hydrogens (primary N) is 1. The lowest BCUT2D eigenvalue weighted by molar-refractivity contribution is 0.392. The molecule has 19 heavy (non-hydrogen) atoms. The molecule has 0 saturated carbocycles. The van der Waals surface area contributed by atoms with E-state index in [4.69, 9.17) is 10.3 Å². The second kappa shape index (κ2) is 5.22. The van der Waals surface area contributed by atoms with Gasteiger partial charge in [-0.05, 0) is 41.1 Å². The fraction of sp³-hybridized carbons (Fsp3) is 0.182. The fourth-order valence-corrected chi connectivity index (χ4v) is 3.24. The van der Waals surface area contributed by atoms with Crippen LogP contribution < -0.4 is 10.5 Å². The Morgan fingerprint density at radius 2 is 2.16 bits per heavy atom. The molecule has 0 aliphatic heterocycles. The first-order valence-corrected chi connectivity index (χ1v) is 7.78. The summed E-state index contributed by atoms with van der Waals surface area (Å²) in [6, 6.07) is 6.41. The number of nitrogens with one attached hydrogen (secondary N) is 1. The Morgan fingerprint density at radius 3 is 2.74 bits per heavy atom. The van der Waals surface area contributed by atoms with Crippen LogP contribution in [0.25, 0.3) is 0 Å². The second-order valence-corrected chi connectivity index (χ2v) is 6.61. The summed E-state index contributed by atoms with van der Waals surface area (Å²) in [6.07, 6.45) is 0. The molecule has 0 aliphatic rings. The van der Waals surface area contributed by atoms with Crippen molar-refractivity contribution in [3.8, 4) is 0 Å². The van der Waals surface area contributed by atoms with Gasteiger partial charge < -0.3 is 10.3 Å². The summed E-state index contributed by atoms with van der Waals surface area (Å²) < 4.78 is 31.8. The van der Waals surface area contributed by atoms with Gasteiger partial charge in [0, 0.05) is 16.2 Å². The van der Waals surface area contributed by atoms with E-state index < -0.39 is 10.0 Å². The number of aryl methyl sites for hydroxylation is 1. The Morgan fingerprint density at radius 1 is 1.42 bits per heavy atom. The molecule has 0 fully saturated rings. The Hall–Kier alpha value is -1.54. The van der Waals surface area contributed by atoms with Crippen molar-refractivity contribution in [3.05, 3.63) is 40.2 Å². The third-order valence-corrected chi connectivity index (χ3v) is 4.14. The summed E-state index contributed by atoms with van der Waals surface area (Å²) in [6.45, 7) is 1.70. The normalized spacial score (nSPS) is 11.5. The van der Waals surface area contributed by atoms with E-state index in [1.807, 2.05) is 0 Å². The van der Waals surface area contributed by atoms with Crippen LogP contribution in [0.1, 0.15) is 11.5 Å². The molecule has 2 rings (SSSR count). The summed E-state index contributed by atoms with van der Waals surface area (Å²) in [4.78, 5) is 0. The monoisotopic (exact) mass is 345 g/mol. The summed E-state index contributed by atoms with van der Waals surface area (Å²) in [5.41, 5.74) is 6.91. The first-order valence-electron chi connectivity index (χ1n) is 5.33. The molecule has 0 amide bonds. The Bertz CT molecular complexity index is 697. The Balaban J connectivity index is 2.17. The fourth-order valence-electron chi connectivity index (χ4n) is 1.50. The van der Waals surface area contributed by atoms with Crippen molar-refractivity contribution in [2.45, 2.75) is 12.7 Å². The van der Waals surface area contributed by atoms with Crippen molar-refractivity contribution in [2.24, 2.45) is 0 Å². The molecule has 3 N–H and O–H groups in total. The predicted molar refractivity (Wildman–Crippen MR) is 76.0 cm³/mol. The maximum atomic E-state index is 12.0. The van der Waals surface area contributed by atoms with E-state index >= 15 is 0 Å². The zero-order valence-corrected chi connectivity index (χ0v) is 12.5. The molecule has 0 atom stereocenters. The SMILES string of the molecule is Cc1cc(CS(=O)(=O)Nc2ccc(N)cc2Br)no1. The van der Waals surface area contributed by atoms with Gasteiger partial charge in [-0.15, -0.1) is 0 Å². The topological polar surface area (TPSA) is 98.2 Å². The van der Waals surface area contributed by atoms with Crippen LogP contribution in [0.5, 0.6) is 0 Å². The highest BCUT2D eigenvalue weighted by atomic mass is 79.9. The molecule has 1 aromatic heterocycles. The Labute approximate surface area is 119 Å². The Kier molecular flexibility index (Phi) is 3.81. The molecule has 0 unspecified atom stereocenters. The van der Waals surface area contributed by atoms with E-state index in [0.717, 1.165) is 0 Å². The zero-order chi connectivity index (χ0) is 14.0. The van der Waals surface area contributed by atoms with Crippen LogP contribution >= 0.6 is 15.9 Å². The minimum atomic E-state index is -3.55. The van der Waals surface area contributed by atoms with Crippen molar-refractivity contribution in [2.75, 3.05) is 10.5 Å². The van der Waals surface area contributed by atoms with Crippen LogP contribution in [0.15, 0.2) is 33.3 Å². The molecule has 0 radical (unpaired) electrons. The average molecular weight is 346 g/mol. The number of aromatic nitrogens is 1. The van der Waals surface area contributed by atoms with Gasteiger partial charge in [-0.1, -0.05) is 5.16 Å². The van der Waals surface area contributed by atoms with Gasteiger partial charge in [-0.3, -0.25) is 4.72 Å². The van der Waals surface area contributed by atoms with Gasteiger partial charge in [-0.2, -0.15) is 0 Å². The first-order chi connectivity index (χ1) is 8.85. The number of halogens is 1. The zero-order valence-electron chi connectivity index (χ0n) is 10.1. The number of nitrogen functional groups attached to an aromatic ring is 1. The second-order valence-electron chi connectivity index (χ2n) is 4.03. The van der Waals surface area contributed by atoms with Crippen LogP contribution in [0.2, 0.25) is 0 Å². The third kappa shape index (κ3) is 3.71. The molecule has 0 spiro atoms. The number of hydrogen-bond donors (Lipinski definition) is 2. The van der Waals surface area contributed by atoms with Crippen molar-refractivity contribution in [3.63, 3.8) is 0 Å². The highest BCUT2D eigenvalue weighted by Gasteiger charge is 2.16. The molecule has 1 aromatic carbocycles. The van der Waals surface area contributed by atoms with Gasteiger partial charge >= 0.3 is 0 Å². The van der Waals surface area contributed by atoms with E-state index in [2.05, 4.69) is 25.8 Å². The van der Waals surface area contributed by atoms with E-state index in [1.54, 1.807) is 31.2 Å². The van der Waals surface area contributed by atoms with Crippen LogP contribution in [0.3, 0.4) is 0 Å². The van der Waals surface area contributed by atoms with E-state index in [0.29, 0.717) is 27.3 Å². The molecule has 1 heterocycles. The quantitative estimate of drug-likeness (QED) is 0.828. The average Bonchev–Trinajstić information content (AvgIpc) is 2.67. The van der Waals surface area contributed by atoms with Gasteiger partial charge in [0.2, 0.25) is 10.0 Å². The molecular weight excluding hydrogens is 334 g/mol. The van der Waals surface area contributed by atoms with E-state index in [-0.39, 0.29) is 5.75 Å². The maximum Gasteiger partial charge on any atom is 0.238 e. The lowest BCUT2D eigenvalue weighted by atomic mass is 10.3. The van der Waals surface area contributed by atoms with Crippen molar-refractivity contribution < 1.29 is 12.9 Å². The lowest BCUT2D eigenvalue weighted by Crippen LogP contribution is -2.15. The largest absolute Gasteiger partial charge is 0.399 e. The number of benzene rings is 1. The molecule has 0 aliphatic carbocycles. The number of nitrogens with zero attached hydrogens (tertiary/aromatic N) is 1. The maximum absolute atomic E-state index is 12.0. The van der Waals surface area contributed by atoms with E-state index in [1.165, 1.54) is 0 Å². The first kappa shape index (κ1) is 13.9. The summed E-state index contributed by atoms with van der Waals surface area (Å²) in [5.74, 6) is 0.320. The summed E-state index contributed by atoms with van der Waals surface area (Å²) >= 11 is 3.25. The smallest absolute Gasteiger partial charge is 0.238 e. The summed E-state index contributed by atoms with van der Waals surface area (Å²) in [5, 5.41) is 3.65. The standard InChI is InChI=1S/C11H12BrN3O3S/c1-7-4-9(14-18-7)6-19(16,17)15-11-3-2-8(13)5-10(11)12/h2-5,15H,6,13H2,1H3. The molecule has 0 bridgehead atoms. The van der Waals surface area contributed by atoms with Gasteiger partial charge in [0.05, 0.1) is 5.69 Å². The van der Waals surface area contributed by atoms with E-state index in [9.17, 15) is 8.42 Å². The van der Waals surface area contributed by atoms with Crippen LogP contribution in [0, 0.1) is 6.92 Å². The predicted octanol–water partition coefficient (Wildman–Crippen LogP) is 2.27. The minimum Gasteiger partial charge on any atom is -0.399 e. The number of rotatable bonds is 4. The van der Waals surface area contributed by atoms with Gasteiger partial charge in [0.15, 0.2) is 0 Å². The molecular formula is C11H12BrN3O3S. The van der Waals surface area contributed by atoms with Gasteiger partial charge in [0.25, 0.3) is 0 Å². The number of hydrogen-bond acceptors (Lipinski definition) is 5. The summed E-state index contributed by atoms with van der Waals surface area (Å²) in [7, 11) is -3.55. The molecule has 102 valence electrons.